The first-order chi connectivity index (χ1) is 8.15. The molecule has 1 atom stereocenters. The normalized spacial score (nSPS) is 12.5. The quantitative estimate of drug-likeness (QED) is 0.807. The molecular formula is C13H19Cl2NO. The van der Waals surface area contributed by atoms with Gasteiger partial charge in [-0.05, 0) is 44.6 Å². The van der Waals surface area contributed by atoms with Gasteiger partial charge in [0.05, 0.1) is 6.10 Å². The van der Waals surface area contributed by atoms with Crippen molar-refractivity contribution in [2.24, 2.45) is 0 Å². The lowest BCUT2D eigenvalue weighted by atomic mass is 10.1. The fraction of sp³-hybridized carbons (Fsp3) is 0.538. The third-order valence-electron chi connectivity index (χ3n) is 2.47. The van der Waals surface area contributed by atoms with Gasteiger partial charge in [-0.15, -0.1) is 0 Å². The maximum Gasteiger partial charge on any atom is 0.122 e. The summed E-state index contributed by atoms with van der Waals surface area (Å²) in [6.45, 7) is 3.10. The van der Waals surface area contributed by atoms with Crippen LogP contribution in [-0.4, -0.2) is 19.7 Å². The minimum absolute atomic E-state index is 0.210. The molecule has 0 spiro atoms. The maximum absolute atomic E-state index is 5.94. The van der Waals surface area contributed by atoms with Crippen LogP contribution in [0.5, 0.6) is 5.75 Å². The molecule has 0 fully saturated rings. The van der Waals surface area contributed by atoms with Gasteiger partial charge in [-0.3, -0.25) is 0 Å². The van der Waals surface area contributed by atoms with Crippen LogP contribution in [0.3, 0.4) is 0 Å². The lowest BCUT2D eigenvalue weighted by Gasteiger charge is -2.18. The van der Waals surface area contributed by atoms with Crippen LogP contribution in [-0.2, 0) is 0 Å². The highest BCUT2D eigenvalue weighted by molar-refractivity contribution is 6.34. The maximum atomic E-state index is 5.94. The van der Waals surface area contributed by atoms with Gasteiger partial charge in [0.25, 0.3) is 0 Å². The van der Waals surface area contributed by atoms with Crippen LogP contribution in [0.25, 0.3) is 0 Å². The predicted octanol–water partition coefficient (Wildman–Crippen LogP) is 4.15. The number of ether oxygens (including phenoxy) is 1. The summed E-state index contributed by atoms with van der Waals surface area (Å²) >= 11 is 11.9. The van der Waals surface area contributed by atoms with Gasteiger partial charge in [0, 0.05) is 10.0 Å². The van der Waals surface area contributed by atoms with E-state index in [4.69, 9.17) is 27.9 Å². The first-order valence-electron chi connectivity index (χ1n) is 5.93. The molecule has 0 saturated carbocycles. The van der Waals surface area contributed by atoms with Gasteiger partial charge in [-0.1, -0.05) is 36.5 Å². The Hall–Kier alpha value is -0.440. The van der Waals surface area contributed by atoms with Crippen LogP contribution < -0.4 is 10.1 Å². The van der Waals surface area contributed by atoms with E-state index in [-0.39, 0.29) is 6.10 Å². The van der Waals surface area contributed by atoms with Crippen molar-refractivity contribution in [3.63, 3.8) is 0 Å². The van der Waals surface area contributed by atoms with E-state index in [0.29, 0.717) is 10.0 Å². The smallest absolute Gasteiger partial charge is 0.122 e. The minimum atomic E-state index is 0.210. The molecule has 96 valence electrons. The van der Waals surface area contributed by atoms with E-state index in [0.717, 1.165) is 31.6 Å². The lowest BCUT2D eigenvalue weighted by Crippen LogP contribution is -2.22. The molecule has 0 heterocycles. The zero-order chi connectivity index (χ0) is 12.7. The summed E-state index contributed by atoms with van der Waals surface area (Å²) in [5.41, 5.74) is 0. The van der Waals surface area contributed by atoms with Crippen molar-refractivity contribution in [2.45, 2.75) is 32.3 Å². The molecule has 0 bridgehead atoms. The highest BCUT2D eigenvalue weighted by Gasteiger charge is 2.10. The molecule has 0 radical (unpaired) electrons. The van der Waals surface area contributed by atoms with Crippen molar-refractivity contribution in [1.29, 1.82) is 0 Å². The van der Waals surface area contributed by atoms with Crippen molar-refractivity contribution >= 4 is 23.2 Å². The van der Waals surface area contributed by atoms with Crippen LogP contribution in [0.15, 0.2) is 18.2 Å². The van der Waals surface area contributed by atoms with Crippen LogP contribution in [0.4, 0.5) is 0 Å². The number of halogens is 2. The minimum Gasteiger partial charge on any atom is -0.490 e. The van der Waals surface area contributed by atoms with Crippen molar-refractivity contribution in [3.8, 4) is 5.75 Å². The van der Waals surface area contributed by atoms with E-state index in [1.807, 2.05) is 7.05 Å². The van der Waals surface area contributed by atoms with Crippen molar-refractivity contribution in [3.05, 3.63) is 28.2 Å². The van der Waals surface area contributed by atoms with E-state index in [9.17, 15) is 0 Å². The fourth-order valence-corrected chi connectivity index (χ4v) is 2.18. The third-order valence-corrected chi connectivity index (χ3v) is 2.90. The molecule has 0 aromatic heterocycles. The molecule has 1 rings (SSSR count). The monoisotopic (exact) mass is 275 g/mol. The van der Waals surface area contributed by atoms with Gasteiger partial charge in [-0.2, -0.15) is 0 Å². The number of hydrogen-bond acceptors (Lipinski definition) is 2. The summed E-state index contributed by atoms with van der Waals surface area (Å²) < 4.78 is 5.91. The van der Waals surface area contributed by atoms with Crippen molar-refractivity contribution in [2.75, 3.05) is 13.6 Å². The number of hydrogen-bond donors (Lipinski definition) is 1. The van der Waals surface area contributed by atoms with Gasteiger partial charge >= 0.3 is 0 Å². The fourth-order valence-electron chi connectivity index (χ4n) is 1.68. The molecule has 0 aliphatic rings. The predicted molar refractivity (Wildman–Crippen MR) is 74.3 cm³/mol. The molecule has 1 unspecified atom stereocenters. The summed E-state index contributed by atoms with van der Waals surface area (Å²) in [7, 11) is 1.94. The highest BCUT2D eigenvalue weighted by Crippen LogP contribution is 2.26. The summed E-state index contributed by atoms with van der Waals surface area (Å²) in [6.07, 6.45) is 3.32. The first-order valence-corrected chi connectivity index (χ1v) is 6.68. The number of benzene rings is 1. The second-order valence-corrected chi connectivity index (χ2v) is 4.90. The van der Waals surface area contributed by atoms with Crippen LogP contribution in [0.1, 0.15) is 26.2 Å². The third kappa shape index (κ3) is 5.62. The van der Waals surface area contributed by atoms with Gasteiger partial charge in [-0.25, -0.2) is 0 Å². The molecule has 4 heteroatoms. The second-order valence-electron chi connectivity index (χ2n) is 4.03. The highest BCUT2D eigenvalue weighted by atomic mass is 35.5. The topological polar surface area (TPSA) is 21.3 Å². The van der Waals surface area contributed by atoms with Gasteiger partial charge < -0.3 is 10.1 Å². The molecule has 0 aliphatic heterocycles. The summed E-state index contributed by atoms with van der Waals surface area (Å²) in [5.74, 6) is 0.747. The molecular weight excluding hydrogens is 257 g/mol. The van der Waals surface area contributed by atoms with E-state index < -0.39 is 0 Å². The van der Waals surface area contributed by atoms with E-state index in [1.54, 1.807) is 18.2 Å². The van der Waals surface area contributed by atoms with E-state index in [1.165, 1.54) is 0 Å². The average molecular weight is 276 g/mol. The lowest BCUT2D eigenvalue weighted by molar-refractivity contribution is 0.180. The Kier molecular flexibility index (Phi) is 6.71. The largest absolute Gasteiger partial charge is 0.490 e. The number of nitrogens with one attached hydrogen (secondary N) is 1. The zero-order valence-corrected chi connectivity index (χ0v) is 11.8. The van der Waals surface area contributed by atoms with E-state index in [2.05, 4.69) is 12.2 Å². The average Bonchev–Trinajstić information content (AvgIpc) is 2.24. The van der Waals surface area contributed by atoms with Gasteiger partial charge in [0.15, 0.2) is 0 Å². The first kappa shape index (κ1) is 14.6. The molecule has 0 saturated heterocycles. The Bertz CT molecular complexity index is 324. The van der Waals surface area contributed by atoms with Crippen molar-refractivity contribution < 1.29 is 4.74 Å². The van der Waals surface area contributed by atoms with Gasteiger partial charge in [0.2, 0.25) is 0 Å². The summed E-state index contributed by atoms with van der Waals surface area (Å²) in [6, 6.07) is 5.31. The molecule has 0 amide bonds. The Balaban J connectivity index is 2.63. The van der Waals surface area contributed by atoms with Crippen LogP contribution in [0.2, 0.25) is 10.0 Å². The van der Waals surface area contributed by atoms with Crippen LogP contribution >= 0.6 is 23.2 Å². The molecule has 1 aromatic carbocycles. The molecule has 1 aromatic rings. The molecule has 2 nitrogen and oxygen atoms in total. The van der Waals surface area contributed by atoms with E-state index >= 15 is 0 Å². The molecule has 0 aliphatic carbocycles. The number of rotatable bonds is 7. The Morgan fingerprint density at radius 3 is 2.35 bits per heavy atom. The Labute approximate surface area is 113 Å². The SMILES string of the molecule is CCCC(CCNC)Oc1cc(Cl)cc(Cl)c1. The molecule has 1 N–H and O–H groups in total. The van der Waals surface area contributed by atoms with Crippen LogP contribution in [0, 0.1) is 0 Å². The zero-order valence-electron chi connectivity index (χ0n) is 10.3. The second kappa shape index (κ2) is 7.80. The summed E-state index contributed by atoms with van der Waals surface area (Å²) in [4.78, 5) is 0. The van der Waals surface area contributed by atoms with Crippen molar-refractivity contribution in [1.82, 2.24) is 5.32 Å². The standard InChI is InChI=1S/C13H19Cl2NO/c1-3-4-12(5-6-16-2)17-13-8-10(14)7-11(15)9-13/h7-9,12,16H,3-6H2,1-2H3. The Morgan fingerprint density at radius 1 is 1.18 bits per heavy atom. The Morgan fingerprint density at radius 2 is 1.82 bits per heavy atom. The van der Waals surface area contributed by atoms with Gasteiger partial charge in [0.1, 0.15) is 5.75 Å². The summed E-state index contributed by atoms with van der Waals surface area (Å²) in [5, 5.41) is 4.35. The molecule has 17 heavy (non-hydrogen) atoms.